The van der Waals surface area contributed by atoms with Crippen molar-refractivity contribution in [1.29, 1.82) is 0 Å². The molecule has 4 heteroatoms. The highest BCUT2D eigenvalue weighted by atomic mass is 79.9. The fourth-order valence-electron chi connectivity index (χ4n) is 2.15. The molecule has 20 heavy (non-hydrogen) atoms. The lowest BCUT2D eigenvalue weighted by Gasteiger charge is -2.20. The van der Waals surface area contributed by atoms with E-state index in [0.717, 1.165) is 13.0 Å². The Morgan fingerprint density at radius 1 is 1.15 bits per heavy atom. The van der Waals surface area contributed by atoms with Gasteiger partial charge in [-0.25, -0.2) is 8.78 Å². The van der Waals surface area contributed by atoms with Crippen LogP contribution in [0.2, 0.25) is 0 Å². The van der Waals surface area contributed by atoms with Crippen LogP contribution in [-0.2, 0) is 0 Å². The molecular weight excluding hydrogens is 324 g/mol. The maximum absolute atomic E-state index is 14.0. The molecule has 0 aromatic heterocycles. The second kappa shape index (κ2) is 6.95. The fourth-order valence-corrected chi connectivity index (χ4v) is 2.63. The molecule has 0 amide bonds. The van der Waals surface area contributed by atoms with Crippen LogP contribution >= 0.6 is 15.9 Å². The normalized spacial score (nSPS) is 12.4. The van der Waals surface area contributed by atoms with E-state index in [1.165, 1.54) is 18.2 Å². The SMILES string of the molecule is CCCNC(c1cc(F)cc(Br)c1)c1ccccc1F. The Hall–Kier alpha value is -1.26. The Morgan fingerprint density at radius 3 is 2.55 bits per heavy atom. The summed E-state index contributed by atoms with van der Waals surface area (Å²) < 4.78 is 28.2. The van der Waals surface area contributed by atoms with Crippen LogP contribution in [0.4, 0.5) is 8.78 Å². The molecule has 0 saturated carbocycles. The summed E-state index contributed by atoms with van der Waals surface area (Å²) in [5.74, 6) is -0.629. The summed E-state index contributed by atoms with van der Waals surface area (Å²) in [5.41, 5.74) is 1.23. The average molecular weight is 340 g/mol. The van der Waals surface area contributed by atoms with E-state index in [2.05, 4.69) is 21.2 Å². The first kappa shape index (κ1) is 15.1. The van der Waals surface area contributed by atoms with Gasteiger partial charge in [0.25, 0.3) is 0 Å². The van der Waals surface area contributed by atoms with E-state index in [1.54, 1.807) is 18.2 Å². The fraction of sp³-hybridized carbons (Fsp3) is 0.250. The molecular formula is C16H16BrF2N. The first-order valence-electron chi connectivity index (χ1n) is 6.55. The van der Waals surface area contributed by atoms with Gasteiger partial charge in [-0.15, -0.1) is 0 Å². The number of rotatable bonds is 5. The van der Waals surface area contributed by atoms with Gasteiger partial charge in [0.1, 0.15) is 11.6 Å². The smallest absolute Gasteiger partial charge is 0.128 e. The summed E-state index contributed by atoms with van der Waals surface area (Å²) in [6.45, 7) is 2.76. The minimum absolute atomic E-state index is 0.290. The summed E-state index contributed by atoms with van der Waals surface area (Å²) >= 11 is 3.28. The minimum atomic E-state index is -0.358. The first-order valence-corrected chi connectivity index (χ1v) is 7.35. The number of hydrogen-bond acceptors (Lipinski definition) is 1. The molecule has 1 N–H and O–H groups in total. The molecule has 2 aromatic rings. The number of benzene rings is 2. The molecule has 1 nitrogen and oxygen atoms in total. The van der Waals surface area contributed by atoms with Crippen LogP contribution < -0.4 is 5.32 Å². The predicted molar refractivity (Wildman–Crippen MR) is 80.6 cm³/mol. The molecule has 0 heterocycles. The Labute approximate surface area is 126 Å². The van der Waals surface area contributed by atoms with E-state index in [-0.39, 0.29) is 17.7 Å². The second-order valence-corrected chi connectivity index (χ2v) is 5.53. The molecule has 0 saturated heterocycles. The van der Waals surface area contributed by atoms with Crippen molar-refractivity contribution in [3.8, 4) is 0 Å². The topological polar surface area (TPSA) is 12.0 Å². The zero-order chi connectivity index (χ0) is 14.5. The van der Waals surface area contributed by atoms with E-state index >= 15 is 0 Å². The molecule has 0 fully saturated rings. The van der Waals surface area contributed by atoms with Crippen molar-refractivity contribution in [3.63, 3.8) is 0 Å². The van der Waals surface area contributed by atoms with Crippen molar-refractivity contribution in [1.82, 2.24) is 5.32 Å². The molecule has 106 valence electrons. The van der Waals surface area contributed by atoms with E-state index in [1.807, 2.05) is 13.0 Å². The van der Waals surface area contributed by atoms with Crippen LogP contribution in [0.1, 0.15) is 30.5 Å². The quantitative estimate of drug-likeness (QED) is 0.823. The van der Waals surface area contributed by atoms with Gasteiger partial charge in [-0.1, -0.05) is 41.1 Å². The zero-order valence-electron chi connectivity index (χ0n) is 11.2. The number of nitrogens with one attached hydrogen (secondary N) is 1. The van der Waals surface area contributed by atoms with Gasteiger partial charge >= 0.3 is 0 Å². The van der Waals surface area contributed by atoms with Crippen molar-refractivity contribution in [3.05, 3.63) is 69.7 Å². The van der Waals surface area contributed by atoms with Gasteiger partial charge in [-0.3, -0.25) is 0 Å². The van der Waals surface area contributed by atoms with E-state index in [9.17, 15) is 8.78 Å². The molecule has 0 spiro atoms. The predicted octanol–water partition coefficient (Wildman–Crippen LogP) is 4.82. The Balaban J connectivity index is 2.44. The first-order chi connectivity index (χ1) is 9.61. The van der Waals surface area contributed by atoms with Crippen molar-refractivity contribution in [2.75, 3.05) is 6.54 Å². The van der Waals surface area contributed by atoms with Crippen LogP contribution in [0.15, 0.2) is 46.9 Å². The molecule has 0 aliphatic heterocycles. The lowest BCUT2D eigenvalue weighted by atomic mass is 9.98. The molecule has 2 aromatic carbocycles. The Bertz CT molecular complexity index is 566. The van der Waals surface area contributed by atoms with Crippen LogP contribution in [-0.4, -0.2) is 6.54 Å². The van der Waals surface area contributed by atoms with Gasteiger partial charge < -0.3 is 5.32 Å². The lowest BCUT2D eigenvalue weighted by Crippen LogP contribution is -2.24. The van der Waals surface area contributed by atoms with E-state index < -0.39 is 0 Å². The largest absolute Gasteiger partial charge is 0.306 e. The van der Waals surface area contributed by atoms with Crippen molar-refractivity contribution >= 4 is 15.9 Å². The molecule has 2 rings (SSSR count). The highest BCUT2D eigenvalue weighted by Crippen LogP contribution is 2.27. The average Bonchev–Trinajstić information content (AvgIpc) is 2.40. The summed E-state index contributed by atoms with van der Waals surface area (Å²) in [7, 11) is 0. The minimum Gasteiger partial charge on any atom is -0.306 e. The zero-order valence-corrected chi connectivity index (χ0v) is 12.8. The van der Waals surface area contributed by atoms with Crippen LogP contribution in [0.25, 0.3) is 0 Å². The summed E-state index contributed by atoms with van der Waals surface area (Å²) in [6.07, 6.45) is 0.918. The van der Waals surface area contributed by atoms with Gasteiger partial charge in [0, 0.05) is 10.0 Å². The maximum atomic E-state index is 14.0. The molecule has 0 bridgehead atoms. The number of halogens is 3. The third-order valence-electron chi connectivity index (χ3n) is 3.03. The third-order valence-corrected chi connectivity index (χ3v) is 3.49. The molecule has 0 aliphatic carbocycles. The summed E-state index contributed by atoms with van der Waals surface area (Å²) in [4.78, 5) is 0. The van der Waals surface area contributed by atoms with Crippen molar-refractivity contribution < 1.29 is 8.78 Å². The van der Waals surface area contributed by atoms with Gasteiger partial charge in [-0.05, 0) is 42.8 Å². The Morgan fingerprint density at radius 2 is 1.90 bits per heavy atom. The number of hydrogen-bond donors (Lipinski definition) is 1. The van der Waals surface area contributed by atoms with Crippen LogP contribution in [0.5, 0.6) is 0 Å². The van der Waals surface area contributed by atoms with Gasteiger partial charge in [0.2, 0.25) is 0 Å². The summed E-state index contributed by atoms with van der Waals surface area (Å²) in [6, 6.07) is 10.9. The third kappa shape index (κ3) is 3.64. The van der Waals surface area contributed by atoms with Crippen LogP contribution in [0.3, 0.4) is 0 Å². The monoisotopic (exact) mass is 339 g/mol. The van der Waals surface area contributed by atoms with E-state index in [0.29, 0.717) is 15.6 Å². The highest BCUT2D eigenvalue weighted by molar-refractivity contribution is 9.10. The maximum Gasteiger partial charge on any atom is 0.128 e. The van der Waals surface area contributed by atoms with Crippen molar-refractivity contribution in [2.45, 2.75) is 19.4 Å². The molecule has 0 radical (unpaired) electrons. The standard InChI is InChI=1S/C16H16BrF2N/c1-2-7-20-16(14-5-3-4-6-15(14)19)11-8-12(17)10-13(18)9-11/h3-6,8-10,16,20H,2,7H2,1H3. The van der Waals surface area contributed by atoms with Gasteiger partial charge in [-0.2, -0.15) is 0 Å². The molecule has 1 atom stereocenters. The molecule has 1 unspecified atom stereocenters. The van der Waals surface area contributed by atoms with Crippen LogP contribution in [0, 0.1) is 11.6 Å². The van der Waals surface area contributed by atoms with E-state index in [4.69, 9.17) is 0 Å². The van der Waals surface area contributed by atoms with Gasteiger partial charge in [0.05, 0.1) is 6.04 Å². The van der Waals surface area contributed by atoms with Crippen molar-refractivity contribution in [2.24, 2.45) is 0 Å². The molecule has 0 aliphatic rings. The lowest BCUT2D eigenvalue weighted by molar-refractivity contribution is 0.542. The highest BCUT2D eigenvalue weighted by Gasteiger charge is 2.18. The summed E-state index contributed by atoms with van der Waals surface area (Å²) in [5, 5.41) is 3.27. The Kier molecular flexibility index (Phi) is 5.26. The second-order valence-electron chi connectivity index (χ2n) is 4.61. The van der Waals surface area contributed by atoms with Gasteiger partial charge in [0.15, 0.2) is 0 Å².